The third-order valence-electron chi connectivity index (χ3n) is 7.05. The summed E-state index contributed by atoms with van der Waals surface area (Å²) in [5.41, 5.74) is 4.12. The van der Waals surface area contributed by atoms with Crippen molar-refractivity contribution < 1.29 is 4.74 Å². The van der Waals surface area contributed by atoms with E-state index in [-0.39, 0.29) is 0 Å². The molecule has 2 aliphatic rings. The lowest BCUT2D eigenvalue weighted by atomic mass is 9.82. The fraction of sp³-hybridized carbons (Fsp3) is 0.357. The van der Waals surface area contributed by atoms with Gasteiger partial charge in [-0.2, -0.15) is 0 Å². The average molecular weight is 413 g/mol. The molecule has 3 aromatic rings. The summed E-state index contributed by atoms with van der Waals surface area (Å²) in [6.45, 7) is 4.38. The summed E-state index contributed by atoms with van der Waals surface area (Å²) in [5.74, 6) is 1.37. The van der Waals surface area contributed by atoms with E-state index in [1.165, 1.54) is 36.1 Å². The molecule has 0 amide bonds. The van der Waals surface area contributed by atoms with E-state index in [4.69, 9.17) is 4.74 Å². The fourth-order valence-corrected chi connectivity index (χ4v) is 5.69. The lowest BCUT2D eigenvalue weighted by molar-refractivity contribution is 0.0380. The van der Waals surface area contributed by atoms with Gasteiger partial charge in [0, 0.05) is 43.2 Å². The molecule has 5 rings (SSSR count). The van der Waals surface area contributed by atoms with Crippen molar-refractivity contribution in [3.05, 3.63) is 102 Å². The van der Waals surface area contributed by atoms with E-state index in [1.807, 2.05) is 0 Å². The predicted octanol–water partition coefficient (Wildman–Crippen LogP) is 5.18. The van der Waals surface area contributed by atoms with Gasteiger partial charge >= 0.3 is 0 Å². The first-order valence-corrected chi connectivity index (χ1v) is 11.5. The molecule has 3 nitrogen and oxygen atoms in total. The van der Waals surface area contributed by atoms with E-state index in [2.05, 4.69) is 94.7 Å². The predicted molar refractivity (Wildman–Crippen MR) is 127 cm³/mol. The summed E-state index contributed by atoms with van der Waals surface area (Å²) >= 11 is 0. The molecule has 0 aromatic heterocycles. The summed E-state index contributed by atoms with van der Waals surface area (Å²) in [4.78, 5) is 5.47. The van der Waals surface area contributed by atoms with Crippen molar-refractivity contribution in [1.29, 1.82) is 0 Å². The van der Waals surface area contributed by atoms with E-state index in [1.54, 1.807) is 7.11 Å². The van der Waals surface area contributed by atoms with Crippen molar-refractivity contribution in [2.75, 3.05) is 26.7 Å². The smallest absolute Gasteiger partial charge is 0.123 e. The Morgan fingerprint density at radius 1 is 0.839 bits per heavy atom. The highest BCUT2D eigenvalue weighted by Crippen LogP contribution is 2.38. The monoisotopic (exact) mass is 412 g/mol. The second-order valence-corrected chi connectivity index (χ2v) is 8.91. The summed E-state index contributed by atoms with van der Waals surface area (Å²) in [6.07, 6.45) is 2.61. The van der Waals surface area contributed by atoms with E-state index in [9.17, 15) is 0 Å². The minimum Gasteiger partial charge on any atom is -0.496 e. The molecule has 0 spiro atoms. The maximum Gasteiger partial charge on any atom is 0.123 e. The summed E-state index contributed by atoms with van der Waals surface area (Å²) in [7, 11) is 1.78. The van der Waals surface area contributed by atoms with Crippen molar-refractivity contribution in [2.45, 2.75) is 37.4 Å². The van der Waals surface area contributed by atoms with Gasteiger partial charge in [-0.15, -0.1) is 0 Å². The zero-order valence-corrected chi connectivity index (χ0v) is 18.4. The molecule has 2 fully saturated rings. The molecule has 2 aliphatic heterocycles. The van der Waals surface area contributed by atoms with E-state index in [0.29, 0.717) is 18.0 Å². The molecule has 3 aromatic carbocycles. The van der Waals surface area contributed by atoms with Crippen molar-refractivity contribution in [2.24, 2.45) is 0 Å². The molecular weight excluding hydrogens is 380 g/mol. The molecule has 0 N–H and O–H groups in total. The van der Waals surface area contributed by atoms with Crippen LogP contribution in [0.4, 0.5) is 0 Å². The maximum absolute atomic E-state index is 5.65. The van der Waals surface area contributed by atoms with Gasteiger partial charge in [0.15, 0.2) is 0 Å². The Labute approximate surface area is 186 Å². The molecule has 2 atom stereocenters. The van der Waals surface area contributed by atoms with Crippen LogP contribution in [0.25, 0.3) is 0 Å². The Morgan fingerprint density at radius 2 is 1.48 bits per heavy atom. The normalized spacial score (nSPS) is 21.9. The zero-order chi connectivity index (χ0) is 21.0. The molecule has 160 valence electrons. The number of methoxy groups -OCH3 is 1. The van der Waals surface area contributed by atoms with E-state index >= 15 is 0 Å². The molecule has 3 heteroatoms. The third kappa shape index (κ3) is 4.26. The third-order valence-corrected chi connectivity index (χ3v) is 7.05. The number of piperazine rings is 1. The summed E-state index contributed by atoms with van der Waals surface area (Å²) < 4.78 is 5.65. The molecule has 2 heterocycles. The number of fused-ring (bicyclic) bond motifs is 1. The van der Waals surface area contributed by atoms with Crippen LogP contribution in [0.2, 0.25) is 0 Å². The molecular formula is C28H32N2O. The van der Waals surface area contributed by atoms with Gasteiger partial charge in [0.05, 0.1) is 7.11 Å². The first kappa shape index (κ1) is 20.3. The van der Waals surface area contributed by atoms with Crippen LogP contribution < -0.4 is 4.74 Å². The Balaban J connectivity index is 1.49. The van der Waals surface area contributed by atoms with Gasteiger partial charge in [-0.05, 0) is 36.6 Å². The Morgan fingerprint density at radius 3 is 2.16 bits per heavy atom. The lowest BCUT2D eigenvalue weighted by Crippen LogP contribution is -2.57. The summed E-state index contributed by atoms with van der Waals surface area (Å²) in [6, 6.07) is 31.8. The number of hydrogen-bond acceptors (Lipinski definition) is 3. The van der Waals surface area contributed by atoms with Gasteiger partial charge < -0.3 is 4.74 Å². The first-order valence-electron chi connectivity index (χ1n) is 11.5. The van der Waals surface area contributed by atoms with Crippen LogP contribution >= 0.6 is 0 Å². The van der Waals surface area contributed by atoms with Crippen LogP contribution in [0.5, 0.6) is 5.75 Å². The number of ether oxygens (including phenoxy) is 1. The van der Waals surface area contributed by atoms with Crippen LogP contribution in [0.3, 0.4) is 0 Å². The van der Waals surface area contributed by atoms with E-state index in [0.717, 1.165) is 25.4 Å². The van der Waals surface area contributed by atoms with Gasteiger partial charge in [0.25, 0.3) is 0 Å². The molecule has 0 aliphatic carbocycles. The highest BCUT2D eigenvalue weighted by Gasteiger charge is 2.41. The van der Waals surface area contributed by atoms with Gasteiger partial charge in [-0.25, -0.2) is 0 Å². The highest BCUT2D eigenvalue weighted by atomic mass is 16.5. The second-order valence-electron chi connectivity index (χ2n) is 8.91. The van der Waals surface area contributed by atoms with Crippen LogP contribution in [-0.2, 0) is 6.54 Å². The van der Waals surface area contributed by atoms with Crippen molar-refractivity contribution >= 4 is 0 Å². The summed E-state index contributed by atoms with van der Waals surface area (Å²) in [5, 5.41) is 0. The average Bonchev–Trinajstić information content (AvgIpc) is 3.30. The Kier molecular flexibility index (Phi) is 6.06. The topological polar surface area (TPSA) is 15.7 Å². The SMILES string of the molecule is COc1ccccc1CN1CC(C(c2ccccc2)c2ccccc2)N2CCC[C@H]2C1. The standard InChI is InChI=1S/C28H32N2O/c1-31-27-17-9-8-15-24(27)19-29-20-25-16-10-18-30(25)26(21-29)28(22-11-4-2-5-12-22)23-13-6-3-7-14-23/h2-9,11-15,17,25-26,28H,10,16,18-21H2,1H3/t25-,26?/m0/s1. The zero-order valence-electron chi connectivity index (χ0n) is 18.4. The number of nitrogens with zero attached hydrogens (tertiary/aromatic N) is 2. The lowest BCUT2D eigenvalue weighted by Gasteiger charge is -2.47. The minimum atomic E-state index is 0.378. The number of para-hydroxylation sites is 1. The number of hydrogen-bond donors (Lipinski definition) is 0. The molecule has 31 heavy (non-hydrogen) atoms. The Hall–Kier alpha value is -2.62. The fourth-order valence-electron chi connectivity index (χ4n) is 5.69. The van der Waals surface area contributed by atoms with E-state index < -0.39 is 0 Å². The van der Waals surface area contributed by atoms with Crippen molar-refractivity contribution in [1.82, 2.24) is 9.80 Å². The molecule has 0 saturated carbocycles. The largest absolute Gasteiger partial charge is 0.496 e. The van der Waals surface area contributed by atoms with Crippen molar-refractivity contribution in [3.63, 3.8) is 0 Å². The molecule has 2 saturated heterocycles. The number of benzene rings is 3. The molecule has 0 bridgehead atoms. The van der Waals surface area contributed by atoms with Gasteiger partial charge in [-0.3, -0.25) is 9.80 Å². The van der Waals surface area contributed by atoms with Crippen LogP contribution in [0.1, 0.15) is 35.4 Å². The van der Waals surface area contributed by atoms with Crippen LogP contribution in [0.15, 0.2) is 84.9 Å². The second kappa shape index (κ2) is 9.25. The highest BCUT2D eigenvalue weighted by molar-refractivity contribution is 5.36. The van der Waals surface area contributed by atoms with Crippen LogP contribution in [0, 0.1) is 0 Å². The van der Waals surface area contributed by atoms with Gasteiger partial charge in [-0.1, -0.05) is 78.9 Å². The van der Waals surface area contributed by atoms with Gasteiger partial charge in [0.2, 0.25) is 0 Å². The molecule has 0 radical (unpaired) electrons. The Bertz CT molecular complexity index is 935. The van der Waals surface area contributed by atoms with Gasteiger partial charge in [0.1, 0.15) is 5.75 Å². The molecule has 1 unspecified atom stereocenters. The van der Waals surface area contributed by atoms with Crippen molar-refractivity contribution in [3.8, 4) is 5.75 Å². The number of rotatable bonds is 6. The first-order chi connectivity index (χ1) is 15.3. The quantitative estimate of drug-likeness (QED) is 0.555. The minimum absolute atomic E-state index is 0.378. The van der Waals surface area contributed by atoms with Crippen LogP contribution in [-0.4, -0.2) is 48.6 Å². The maximum atomic E-state index is 5.65.